The third-order valence-corrected chi connectivity index (χ3v) is 6.23. The van der Waals surface area contributed by atoms with Gasteiger partial charge in [-0.3, -0.25) is 4.79 Å². The summed E-state index contributed by atoms with van der Waals surface area (Å²) in [5, 5.41) is 0. The molecular formula is C23H26FNO2. The molecule has 2 aliphatic rings. The van der Waals surface area contributed by atoms with E-state index < -0.39 is 0 Å². The van der Waals surface area contributed by atoms with Crippen LogP contribution in [0.25, 0.3) is 11.1 Å². The van der Waals surface area contributed by atoms with Crippen LogP contribution in [0, 0.1) is 11.7 Å². The number of hydrogen-bond acceptors (Lipinski definition) is 2. The monoisotopic (exact) mass is 367 g/mol. The minimum atomic E-state index is -0.234. The fourth-order valence-corrected chi connectivity index (χ4v) is 4.34. The van der Waals surface area contributed by atoms with Gasteiger partial charge in [-0.1, -0.05) is 32.0 Å². The van der Waals surface area contributed by atoms with Crippen LogP contribution in [-0.2, 0) is 14.9 Å². The maximum atomic E-state index is 13.7. The molecule has 1 spiro atoms. The molecule has 27 heavy (non-hydrogen) atoms. The van der Waals surface area contributed by atoms with Gasteiger partial charge < -0.3 is 9.64 Å². The van der Waals surface area contributed by atoms with E-state index in [1.165, 1.54) is 11.6 Å². The molecule has 4 heteroatoms. The van der Waals surface area contributed by atoms with Crippen molar-refractivity contribution in [2.75, 3.05) is 24.7 Å². The minimum absolute atomic E-state index is 0.00994. The van der Waals surface area contributed by atoms with Crippen LogP contribution in [0.5, 0.6) is 0 Å². The number of anilines is 1. The van der Waals surface area contributed by atoms with Gasteiger partial charge in [-0.15, -0.1) is 0 Å². The van der Waals surface area contributed by atoms with Crippen molar-refractivity contribution >= 4 is 11.6 Å². The first-order chi connectivity index (χ1) is 13.0. The predicted molar refractivity (Wildman–Crippen MR) is 105 cm³/mol. The third kappa shape index (κ3) is 3.16. The maximum absolute atomic E-state index is 13.7. The van der Waals surface area contributed by atoms with Crippen LogP contribution in [0.1, 0.15) is 38.7 Å². The molecule has 2 aromatic carbocycles. The average molecular weight is 367 g/mol. The number of rotatable bonds is 3. The summed E-state index contributed by atoms with van der Waals surface area (Å²) in [6.45, 7) is 6.21. The van der Waals surface area contributed by atoms with Gasteiger partial charge in [0.15, 0.2) is 0 Å². The van der Waals surface area contributed by atoms with Gasteiger partial charge in [0.2, 0.25) is 5.91 Å². The number of carbonyl (C=O) groups is 1. The molecule has 3 nitrogen and oxygen atoms in total. The first kappa shape index (κ1) is 18.2. The summed E-state index contributed by atoms with van der Waals surface area (Å²) >= 11 is 0. The third-order valence-electron chi connectivity index (χ3n) is 6.23. The summed E-state index contributed by atoms with van der Waals surface area (Å²) in [5.41, 5.74) is 4.04. The molecule has 4 rings (SSSR count). The van der Waals surface area contributed by atoms with Gasteiger partial charge in [-0.05, 0) is 60.2 Å². The first-order valence-corrected chi connectivity index (χ1v) is 9.84. The number of fused-ring (bicyclic) bond motifs is 2. The van der Waals surface area contributed by atoms with Crippen LogP contribution in [0.2, 0.25) is 0 Å². The zero-order chi connectivity index (χ0) is 19.0. The maximum Gasteiger partial charge on any atom is 0.229 e. The van der Waals surface area contributed by atoms with E-state index in [2.05, 4.69) is 13.0 Å². The molecular weight excluding hydrogens is 341 g/mol. The summed E-state index contributed by atoms with van der Waals surface area (Å²) in [7, 11) is 0. The molecule has 0 N–H and O–H groups in total. The van der Waals surface area contributed by atoms with Crippen LogP contribution < -0.4 is 4.90 Å². The van der Waals surface area contributed by atoms with Crippen molar-refractivity contribution in [3.05, 3.63) is 53.8 Å². The molecule has 2 heterocycles. The van der Waals surface area contributed by atoms with Crippen molar-refractivity contribution in [1.29, 1.82) is 0 Å². The molecule has 1 atom stereocenters. The SMILES string of the molecule is CCC(C)C(=O)N1CC2(CCOCC2)c2cc(-c3cccc(F)c3)ccc21. The zero-order valence-electron chi connectivity index (χ0n) is 16.0. The number of carbonyl (C=O) groups excluding carboxylic acids is 1. The van der Waals surface area contributed by atoms with E-state index >= 15 is 0 Å². The lowest BCUT2D eigenvalue weighted by atomic mass is 9.75. The molecule has 1 fully saturated rings. The Morgan fingerprint density at radius 3 is 2.63 bits per heavy atom. The van der Waals surface area contributed by atoms with E-state index in [1.807, 2.05) is 30.0 Å². The second kappa shape index (κ2) is 7.08. The minimum Gasteiger partial charge on any atom is -0.381 e. The highest BCUT2D eigenvalue weighted by Gasteiger charge is 2.46. The molecule has 0 saturated carbocycles. The number of benzene rings is 2. The molecule has 1 unspecified atom stereocenters. The Bertz CT molecular complexity index is 857. The molecule has 2 aliphatic heterocycles. The lowest BCUT2D eigenvalue weighted by Gasteiger charge is -2.34. The van der Waals surface area contributed by atoms with Crippen LogP contribution >= 0.6 is 0 Å². The summed E-state index contributed by atoms with van der Waals surface area (Å²) in [5.74, 6) is -0.0290. The molecule has 142 valence electrons. The van der Waals surface area contributed by atoms with Crippen molar-refractivity contribution in [2.24, 2.45) is 5.92 Å². The predicted octanol–water partition coefficient (Wildman–Crippen LogP) is 4.93. The van der Waals surface area contributed by atoms with Gasteiger partial charge in [0.05, 0.1) is 0 Å². The van der Waals surface area contributed by atoms with Gasteiger partial charge >= 0.3 is 0 Å². The number of ether oxygens (including phenoxy) is 1. The normalized spacial score (nSPS) is 19.1. The van der Waals surface area contributed by atoms with Crippen LogP contribution in [0.15, 0.2) is 42.5 Å². The summed E-state index contributed by atoms with van der Waals surface area (Å²) < 4.78 is 19.3. The molecule has 0 radical (unpaired) electrons. The number of amides is 1. The van der Waals surface area contributed by atoms with Gasteiger partial charge in [-0.25, -0.2) is 4.39 Å². The topological polar surface area (TPSA) is 29.5 Å². The van der Waals surface area contributed by atoms with Crippen molar-refractivity contribution in [2.45, 2.75) is 38.5 Å². The Morgan fingerprint density at radius 2 is 1.93 bits per heavy atom. The van der Waals surface area contributed by atoms with Gasteiger partial charge in [-0.2, -0.15) is 0 Å². The Hall–Kier alpha value is -2.20. The zero-order valence-corrected chi connectivity index (χ0v) is 16.0. The van der Waals surface area contributed by atoms with E-state index in [0.717, 1.165) is 55.8 Å². The highest BCUT2D eigenvalue weighted by molar-refractivity contribution is 5.98. The Morgan fingerprint density at radius 1 is 1.19 bits per heavy atom. The van der Waals surface area contributed by atoms with Crippen LogP contribution in [0.4, 0.5) is 10.1 Å². The van der Waals surface area contributed by atoms with Crippen molar-refractivity contribution in [1.82, 2.24) is 0 Å². The Balaban J connectivity index is 1.80. The second-order valence-corrected chi connectivity index (χ2v) is 7.87. The average Bonchev–Trinajstić information content (AvgIpc) is 3.00. The largest absolute Gasteiger partial charge is 0.381 e. The molecule has 0 aromatic heterocycles. The smallest absolute Gasteiger partial charge is 0.229 e. The van der Waals surface area contributed by atoms with Gasteiger partial charge in [0.25, 0.3) is 0 Å². The van der Waals surface area contributed by atoms with E-state index in [4.69, 9.17) is 4.74 Å². The van der Waals surface area contributed by atoms with Crippen LogP contribution in [0.3, 0.4) is 0 Å². The quantitative estimate of drug-likeness (QED) is 0.769. The number of hydrogen-bond donors (Lipinski definition) is 0. The van der Waals surface area contributed by atoms with E-state index in [1.54, 1.807) is 12.1 Å². The lowest BCUT2D eigenvalue weighted by Crippen LogP contribution is -2.42. The van der Waals surface area contributed by atoms with E-state index in [9.17, 15) is 9.18 Å². The number of halogens is 1. The second-order valence-electron chi connectivity index (χ2n) is 7.87. The molecule has 1 amide bonds. The van der Waals surface area contributed by atoms with Crippen LogP contribution in [-0.4, -0.2) is 25.7 Å². The van der Waals surface area contributed by atoms with Crippen molar-refractivity contribution in [3.63, 3.8) is 0 Å². The molecule has 0 aliphatic carbocycles. The summed E-state index contributed by atoms with van der Waals surface area (Å²) in [6, 6.07) is 12.9. The molecule has 0 bridgehead atoms. The highest BCUT2D eigenvalue weighted by atomic mass is 19.1. The van der Waals surface area contributed by atoms with Gasteiger partial charge in [0.1, 0.15) is 5.82 Å². The van der Waals surface area contributed by atoms with Gasteiger partial charge in [0, 0.05) is 36.8 Å². The summed E-state index contributed by atoms with van der Waals surface area (Å²) in [4.78, 5) is 15.0. The standard InChI is InChI=1S/C23H26FNO2/c1-3-16(2)22(26)25-15-23(9-11-27-12-10-23)20-14-18(7-8-21(20)25)17-5-4-6-19(24)13-17/h4-8,13-14,16H,3,9-12,15H2,1-2H3. The first-order valence-electron chi connectivity index (χ1n) is 9.84. The van der Waals surface area contributed by atoms with Crippen molar-refractivity contribution in [3.8, 4) is 11.1 Å². The van der Waals surface area contributed by atoms with E-state index in [-0.39, 0.29) is 23.1 Å². The lowest BCUT2D eigenvalue weighted by molar-refractivity contribution is -0.122. The fraction of sp³-hybridized carbons (Fsp3) is 0.435. The molecule has 2 aromatic rings. The fourth-order valence-electron chi connectivity index (χ4n) is 4.34. The summed E-state index contributed by atoms with van der Waals surface area (Å²) in [6.07, 6.45) is 2.66. The Kier molecular flexibility index (Phi) is 4.77. The number of nitrogens with zero attached hydrogens (tertiary/aromatic N) is 1. The molecule has 1 saturated heterocycles. The van der Waals surface area contributed by atoms with Crippen molar-refractivity contribution < 1.29 is 13.9 Å². The van der Waals surface area contributed by atoms with E-state index in [0.29, 0.717) is 0 Å². The highest BCUT2D eigenvalue weighted by Crippen LogP contribution is 2.48. The Labute approximate surface area is 160 Å².